The minimum atomic E-state index is -0.528. The highest BCUT2D eigenvalue weighted by Crippen LogP contribution is 2.20. The summed E-state index contributed by atoms with van der Waals surface area (Å²) < 4.78 is 4.87. The largest absolute Gasteiger partial charge is 0.434 e. The van der Waals surface area contributed by atoms with Crippen molar-refractivity contribution in [1.82, 2.24) is 10.2 Å². The molecule has 0 amide bonds. The summed E-state index contributed by atoms with van der Waals surface area (Å²) in [6.45, 7) is 3.97. The van der Waals surface area contributed by atoms with Crippen molar-refractivity contribution < 1.29 is 4.42 Å². The summed E-state index contributed by atoms with van der Waals surface area (Å²) in [6, 6.07) is 5.87. The summed E-state index contributed by atoms with van der Waals surface area (Å²) in [4.78, 5) is 10.8. The molecule has 2 rings (SSSR count). The zero-order valence-corrected chi connectivity index (χ0v) is 8.00. The molecule has 2 aromatic rings. The maximum absolute atomic E-state index is 10.8. The number of aryl methyl sites for hydroxylation is 2. The molecular weight excluding hydrogens is 180 g/mol. The Hall–Kier alpha value is -1.84. The molecule has 1 N–H and O–H groups in total. The van der Waals surface area contributed by atoms with Crippen LogP contribution in [0, 0.1) is 13.8 Å². The van der Waals surface area contributed by atoms with Gasteiger partial charge >= 0.3 is 5.76 Å². The zero-order valence-electron chi connectivity index (χ0n) is 8.00. The SMILES string of the molecule is Cc1ccc(-c2n[nH]c(=O)o2)c(C)c1. The Balaban J connectivity index is 2.57. The van der Waals surface area contributed by atoms with Crippen LogP contribution in [-0.2, 0) is 0 Å². The van der Waals surface area contributed by atoms with Crippen LogP contribution in [0.3, 0.4) is 0 Å². The van der Waals surface area contributed by atoms with Crippen molar-refractivity contribution in [3.8, 4) is 11.5 Å². The summed E-state index contributed by atoms with van der Waals surface area (Å²) in [5, 5.41) is 6.01. The molecule has 0 atom stereocenters. The van der Waals surface area contributed by atoms with Gasteiger partial charge in [0.1, 0.15) is 0 Å². The monoisotopic (exact) mass is 190 g/mol. The van der Waals surface area contributed by atoms with E-state index in [-0.39, 0.29) is 0 Å². The molecule has 0 aliphatic heterocycles. The van der Waals surface area contributed by atoms with Gasteiger partial charge in [0.25, 0.3) is 0 Å². The fourth-order valence-corrected chi connectivity index (χ4v) is 1.40. The van der Waals surface area contributed by atoms with Crippen LogP contribution in [0.15, 0.2) is 27.4 Å². The van der Waals surface area contributed by atoms with Gasteiger partial charge in [-0.15, -0.1) is 5.10 Å². The summed E-state index contributed by atoms with van der Waals surface area (Å²) in [5.74, 6) is -0.188. The smallest absolute Gasteiger partial charge is 0.388 e. The van der Waals surface area contributed by atoms with Gasteiger partial charge in [0, 0.05) is 5.56 Å². The molecular formula is C10H10N2O2. The molecule has 0 spiro atoms. The van der Waals surface area contributed by atoms with Gasteiger partial charge in [0.15, 0.2) is 0 Å². The van der Waals surface area contributed by atoms with Crippen molar-refractivity contribution in [3.05, 3.63) is 39.9 Å². The second-order valence-electron chi connectivity index (χ2n) is 3.24. The van der Waals surface area contributed by atoms with Gasteiger partial charge in [-0.05, 0) is 25.5 Å². The molecule has 4 nitrogen and oxygen atoms in total. The first kappa shape index (κ1) is 8.74. The maximum Gasteiger partial charge on any atom is 0.434 e. The quantitative estimate of drug-likeness (QED) is 0.743. The van der Waals surface area contributed by atoms with Crippen molar-refractivity contribution in [2.45, 2.75) is 13.8 Å². The van der Waals surface area contributed by atoms with E-state index in [1.165, 1.54) is 5.56 Å². The third-order valence-electron chi connectivity index (χ3n) is 2.05. The number of hydrogen-bond donors (Lipinski definition) is 1. The van der Waals surface area contributed by atoms with Gasteiger partial charge < -0.3 is 4.42 Å². The van der Waals surface area contributed by atoms with Gasteiger partial charge in [0.05, 0.1) is 0 Å². The van der Waals surface area contributed by atoms with E-state index >= 15 is 0 Å². The molecule has 0 unspecified atom stereocenters. The zero-order chi connectivity index (χ0) is 10.1. The first-order valence-electron chi connectivity index (χ1n) is 4.30. The minimum absolute atomic E-state index is 0.340. The predicted octanol–water partition coefficient (Wildman–Crippen LogP) is 1.65. The molecule has 0 bridgehead atoms. The molecule has 72 valence electrons. The standard InChI is InChI=1S/C10H10N2O2/c1-6-3-4-8(7(2)5-6)9-11-12-10(13)14-9/h3-5H,1-2H3,(H,12,13). The fraction of sp³-hybridized carbons (Fsp3) is 0.200. The summed E-state index contributed by atoms with van der Waals surface area (Å²) in [7, 11) is 0. The van der Waals surface area contributed by atoms with Crippen LogP contribution < -0.4 is 5.76 Å². The molecule has 14 heavy (non-hydrogen) atoms. The number of nitrogens with zero attached hydrogens (tertiary/aromatic N) is 1. The summed E-state index contributed by atoms with van der Waals surface area (Å²) >= 11 is 0. The van der Waals surface area contributed by atoms with Crippen LogP contribution in [0.4, 0.5) is 0 Å². The molecule has 0 radical (unpaired) electrons. The van der Waals surface area contributed by atoms with Gasteiger partial charge in [-0.3, -0.25) is 0 Å². The Bertz CT molecular complexity index is 511. The van der Waals surface area contributed by atoms with Crippen molar-refractivity contribution in [2.24, 2.45) is 0 Å². The number of rotatable bonds is 1. The molecule has 0 saturated heterocycles. The van der Waals surface area contributed by atoms with E-state index in [2.05, 4.69) is 10.2 Å². The van der Waals surface area contributed by atoms with Crippen LogP contribution in [-0.4, -0.2) is 10.2 Å². The second-order valence-corrected chi connectivity index (χ2v) is 3.24. The van der Waals surface area contributed by atoms with Gasteiger partial charge in [-0.2, -0.15) is 0 Å². The van der Waals surface area contributed by atoms with E-state index in [1.54, 1.807) is 0 Å². The molecule has 1 aromatic carbocycles. The first-order valence-corrected chi connectivity index (χ1v) is 4.30. The van der Waals surface area contributed by atoms with Crippen molar-refractivity contribution in [3.63, 3.8) is 0 Å². The topological polar surface area (TPSA) is 58.9 Å². The first-order chi connectivity index (χ1) is 6.66. The number of nitrogens with one attached hydrogen (secondary N) is 1. The van der Waals surface area contributed by atoms with Gasteiger partial charge in [-0.1, -0.05) is 17.7 Å². The fourth-order valence-electron chi connectivity index (χ4n) is 1.40. The van der Waals surface area contributed by atoms with E-state index in [0.717, 1.165) is 11.1 Å². The highest BCUT2D eigenvalue weighted by Gasteiger charge is 2.07. The number of hydrogen-bond acceptors (Lipinski definition) is 3. The minimum Gasteiger partial charge on any atom is -0.388 e. The van der Waals surface area contributed by atoms with E-state index in [1.807, 2.05) is 32.0 Å². The predicted molar refractivity (Wildman–Crippen MR) is 52.0 cm³/mol. The Morgan fingerprint density at radius 3 is 2.71 bits per heavy atom. The average molecular weight is 190 g/mol. The summed E-state index contributed by atoms with van der Waals surface area (Å²) in [6.07, 6.45) is 0. The lowest BCUT2D eigenvalue weighted by molar-refractivity contribution is 0.526. The van der Waals surface area contributed by atoms with Crippen LogP contribution in [0.5, 0.6) is 0 Å². The van der Waals surface area contributed by atoms with Gasteiger partial charge in [-0.25, -0.2) is 9.89 Å². The Morgan fingerprint density at radius 2 is 2.14 bits per heavy atom. The van der Waals surface area contributed by atoms with Crippen LogP contribution in [0.25, 0.3) is 11.5 Å². The molecule has 0 aliphatic carbocycles. The van der Waals surface area contributed by atoms with E-state index in [4.69, 9.17) is 4.42 Å². The van der Waals surface area contributed by atoms with Gasteiger partial charge in [0.2, 0.25) is 5.89 Å². The third-order valence-corrected chi connectivity index (χ3v) is 2.05. The van der Waals surface area contributed by atoms with Crippen LogP contribution in [0.1, 0.15) is 11.1 Å². The van der Waals surface area contributed by atoms with Crippen molar-refractivity contribution in [1.29, 1.82) is 0 Å². The third kappa shape index (κ3) is 1.46. The van der Waals surface area contributed by atoms with E-state index < -0.39 is 5.76 Å². The average Bonchev–Trinajstić information content (AvgIpc) is 2.51. The number of benzene rings is 1. The number of aromatic amines is 1. The summed E-state index contributed by atoms with van der Waals surface area (Å²) in [5.41, 5.74) is 3.05. The van der Waals surface area contributed by atoms with Crippen LogP contribution >= 0.6 is 0 Å². The maximum atomic E-state index is 10.8. The molecule has 4 heteroatoms. The molecule has 0 fully saturated rings. The van der Waals surface area contributed by atoms with Crippen LogP contribution in [0.2, 0.25) is 0 Å². The Labute approximate surface area is 80.6 Å². The second kappa shape index (κ2) is 3.14. The number of aromatic nitrogens is 2. The molecule has 0 aliphatic rings. The number of H-pyrrole nitrogens is 1. The molecule has 1 heterocycles. The lowest BCUT2D eigenvalue weighted by Crippen LogP contribution is -1.93. The van der Waals surface area contributed by atoms with Crippen molar-refractivity contribution >= 4 is 0 Å². The molecule has 1 aromatic heterocycles. The Kier molecular flexibility index (Phi) is 1.96. The normalized spacial score (nSPS) is 10.4. The highest BCUT2D eigenvalue weighted by molar-refractivity contribution is 5.58. The lowest BCUT2D eigenvalue weighted by Gasteiger charge is -2.00. The van der Waals surface area contributed by atoms with E-state index in [9.17, 15) is 4.79 Å². The molecule has 0 saturated carbocycles. The highest BCUT2D eigenvalue weighted by atomic mass is 16.4. The van der Waals surface area contributed by atoms with E-state index in [0.29, 0.717) is 5.89 Å². The van der Waals surface area contributed by atoms with Crippen molar-refractivity contribution in [2.75, 3.05) is 0 Å². The lowest BCUT2D eigenvalue weighted by atomic mass is 10.1. The Morgan fingerprint density at radius 1 is 1.36 bits per heavy atom.